The van der Waals surface area contributed by atoms with Crippen LogP contribution in [0.4, 0.5) is 10.5 Å². The van der Waals surface area contributed by atoms with Crippen LogP contribution in [0.2, 0.25) is 0 Å². The Kier molecular flexibility index (Phi) is 5.01. The molecule has 0 spiro atoms. The highest BCUT2D eigenvalue weighted by molar-refractivity contribution is 7.89. The van der Waals surface area contributed by atoms with E-state index in [1.54, 1.807) is 18.6 Å². The van der Waals surface area contributed by atoms with Gasteiger partial charge in [0.05, 0.1) is 11.2 Å². The molecule has 0 unspecified atom stereocenters. The molecule has 1 heterocycles. The number of primary sulfonamides is 1. The van der Waals surface area contributed by atoms with Gasteiger partial charge in [0.1, 0.15) is 0 Å². The number of sulfonamides is 1. The third-order valence-electron chi connectivity index (χ3n) is 3.61. The van der Waals surface area contributed by atoms with Crippen LogP contribution in [0.25, 0.3) is 5.69 Å². The van der Waals surface area contributed by atoms with Crippen molar-refractivity contribution in [3.63, 3.8) is 0 Å². The van der Waals surface area contributed by atoms with Crippen molar-refractivity contribution >= 4 is 21.7 Å². The van der Waals surface area contributed by atoms with E-state index in [9.17, 15) is 13.2 Å². The predicted octanol–water partition coefficient (Wildman–Crippen LogP) is 1.84. The van der Waals surface area contributed by atoms with Crippen molar-refractivity contribution in [2.24, 2.45) is 5.14 Å². The van der Waals surface area contributed by atoms with Crippen LogP contribution in [0.3, 0.4) is 0 Å². The van der Waals surface area contributed by atoms with E-state index < -0.39 is 16.1 Å². The van der Waals surface area contributed by atoms with E-state index in [1.807, 2.05) is 35.0 Å². The highest BCUT2D eigenvalue weighted by Gasteiger charge is 2.09. The summed E-state index contributed by atoms with van der Waals surface area (Å²) in [7, 11) is -3.82. The van der Waals surface area contributed by atoms with Crippen LogP contribution in [0.15, 0.2) is 72.1 Å². The molecule has 0 atom stereocenters. The topological polar surface area (TPSA) is 119 Å². The highest BCUT2D eigenvalue weighted by Crippen LogP contribution is 2.14. The highest BCUT2D eigenvalue weighted by atomic mass is 32.2. The minimum absolute atomic E-state index is 0.0645. The molecule has 8 nitrogen and oxygen atoms in total. The van der Waals surface area contributed by atoms with Gasteiger partial charge in [-0.3, -0.25) is 0 Å². The van der Waals surface area contributed by atoms with Gasteiger partial charge >= 0.3 is 6.03 Å². The summed E-state index contributed by atoms with van der Waals surface area (Å²) < 4.78 is 24.6. The number of carbonyl (C=O) groups excluding carboxylic acids is 1. The Labute approximate surface area is 150 Å². The molecule has 3 rings (SSSR count). The van der Waals surface area contributed by atoms with Crippen LogP contribution in [0, 0.1) is 0 Å². The monoisotopic (exact) mass is 371 g/mol. The fraction of sp³-hybridized carbons (Fsp3) is 0.0588. The molecule has 1 aromatic heterocycles. The number of rotatable bonds is 5. The van der Waals surface area contributed by atoms with Gasteiger partial charge in [-0.1, -0.05) is 18.2 Å². The molecule has 2 aromatic carbocycles. The van der Waals surface area contributed by atoms with Crippen LogP contribution in [0.1, 0.15) is 5.56 Å². The molecule has 0 saturated heterocycles. The number of nitrogens with zero attached hydrogens (tertiary/aromatic N) is 2. The van der Waals surface area contributed by atoms with Crippen molar-refractivity contribution in [3.05, 3.63) is 72.8 Å². The normalized spacial score (nSPS) is 11.1. The van der Waals surface area contributed by atoms with Crippen molar-refractivity contribution in [2.45, 2.75) is 11.4 Å². The smallest absolute Gasteiger partial charge is 0.319 e. The maximum Gasteiger partial charge on any atom is 0.319 e. The van der Waals surface area contributed by atoms with Gasteiger partial charge < -0.3 is 15.2 Å². The summed E-state index contributed by atoms with van der Waals surface area (Å²) in [5.74, 6) is 0. The Morgan fingerprint density at radius 2 is 1.92 bits per heavy atom. The van der Waals surface area contributed by atoms with Gasteiger partial charge in [0.25, 0.3) is 0 Å². The van der Waals surface area contributed by atoms with Crippen LogP contribution in [-0.2, 0) is 16.6 Å². The fourth-order valence-electron chi connectivity index (χ4n) is 2.31. The number of anilines is 1. The summed E-state index contributed by atoms with van der Waals surface area (Å²) in [6, 6.07) is 12.9. The number of nitrogens with two attached hydrogens (primary N) is 1. The second kappa shape index (κ2) is 7.38. The number of nitrogens with one attached hydrogen (secondary N) is 2. The van der Waals surface area contributed by atoms with E-state index in [-0.39, 0.29) is 4.90 Å². The predicted molar refractivity (Wildman–Crippen MR) is 97.2 cm³/mol. The first-order chi connectivity index (χ1) is 12.4. The molecule has 134 valence electrons. The number of imidazole rings is 1. The Bertz CT molecular complexity index is 999. The molecule has 0 aliphatic rings. The van der Waals surface area contributed by atoms with Gasteiger partial charge in [0.15, 0.2) is 0 Å². The standard InChI is InChI=1S/C17H17N5O3S/c18-26(24,25)16-3-1-2-14(10-16)21-17(23)20-11-13-4-6-15(7-5-13)22-9-8-19-12-22/h1-10,12H,11H2,(H2,18,24,25)(H2,20,21,23). The van der Waals surface area contributed by atoms with Gasteiger partial charge in [-0.25, -0.2) is 23.3 Å². The molecule has 3 aromatic rings. The van der Waals surface area contributed by atoms with E-state index in [2.05, 4.69) is 15.6 Å². The van der Waals surface area contributed by atoms with E-state index in [1.165, 1.54) is 18.2 Å². The maximum atomic E-state index is 12.0. The first kappa shape index (κ1) is 17.6. The van der Waals surface area contributed by atoms with E-state index in [4.69, 9.17) is 5.14 Å². The van der Waals surface area contributed by atoms with Gasteiger partial charge in [-0.15, -0.1) is 0 Å². The summed E-state index contributed by atoms with van der Waals surface area (Å²) in [6.45, 7) is 0.324. The number of benzene rings is 2. The lowest BCUT2D eigenvalue weighted by atomic mass is 10.2. The molecule has 0 saturated carbocycles. The summed E-state index contributed by atoms with van der Waals surface area (Å²) in [6.07, 6.45) is 5.25. The summed E-state index contributed by atoms with van der Waals surface area (Å²) in [4.78, 5) is 15.9. The first-order valence-corrected chi connectivity index (χ1v) is 9.21. The Hall–Kier alpha value is -3.17. The average Bonchev–Trinajstić information content (AvgIpc) is 3.14. The lowest BCUT2D eigenvalue weighted by Crippen LogP contribution is -2.28. The molecule has 0 aliphatic carbocycles. The second-order valence-electron chi connectivity index (χ2n) is 5.52. The number of hydrogen-bond acceptors (Lipinski definition) is 4. The Balaban J connectivity index is 1.57. The van der Waals surface area contributed by atoms with Crippen molar-refractivity contribution in [1.29, 1.82) is 0 Å². The maximum absolute atomic E-state index is 12.0. The van der Waals surface area contributed by atoms with Crippen LogP contribution in [0.5, 0.6) is 0 Å². The number of urea groups is 1. The second-order valence-corrected chi connectivity index (χ2v) is 7.08. The zero-order valence-corrected chi connectivity index (χ0v) is 14.5. The third kappa shape index (κ3) is 4.47. The minimum atomic E-state index is -3.82. The molecule has 9 heteroatoms. The number of hydrogen-bond donors (Lipinski definition) is 3. The number of amides is 2. The third-order valence-corrected chi connectivity index (χ3v) is 4.52. The molecule has 4 N–H and O–H groups in total. The SMILES string of the molecule is NS(=O)(=O)c1cccc(NC(=O)NCc2ccc(-n3ccnc3)cc2)c1. The van der Waals surface area contributed by atoms with Gasteiger partial charge in [0.2, 0.25) is 10.0 Å². The minimum Gasteiger partial charge on any atom is -0.334 e. The zero-order chi connectivity index (χ0) is 18.6. The number of aromatic nitrogens is 2. The summed E-state index contributed by atoms with van der Waals surface area (Å²) >= 11 is 0. The van der Waals surface area contributed by atoms with Gasteiger partial charge in [-0.05, 0) is 35.9 Å². The lowest BCUT2D eigenvalue weighted by Gasteiger charge is -2.09. The molecule has 0 radical (unpaired) electrons. The Morgan fingerprint density at radius 1 is 1.15 bits per heavy atom. The van der Waals surface area contributed by atoms with Crippen molar-refractivity contribution in [1.82, 2.24) is 14.9 Å². The van der Waals surface area contributed by atoms with Crippen molar-refractivity contribution in [2.75, 3.05) is 5.32 Å². The van der Waals surface area contributed by atoms with Crippen molar-refractivity contribution < 1.29 is 13.2 Å². The average molecular weight is 371 g/mol. The van der Waals surface area contributed by atoms with Crippen LogP contribution < -0.4 is 15.8 Å². The molecule has 0 bridgehead atoms. The fourth-order valence-corrected chi connectivity index (χ4v) is 2.87. The molecule has 2 amide bonds. The van der Waals surface area contributed by atoms with Crippen LogP contribution in [-0.4, -0.2) is 24.0 Å². The van der Waals surface area contributed by atoms with E-state index in [0.29, 0.717) is 12.2 Å². The molecule has 0 fully saturated rings. The first-order valence-electron chi connectivity index (χ1n) is 7.67. The van der Waals surface area contributed by atoms with Gasteiger partial charge in [0, 0.05) is 30.3 Å². The quantitative estimate of drug-likeness (QED) is 0.634. The van der Waals surface area contributed by atoms with E-state index >= 15 is 0 Å². The molecular weight excluding hydrogens is 354 g/mol. The summed E-state index contributed by atoms with van der Waals surface area (Å²) in [5.41, 5.74) is 2.22. The molecular formula is C17H17N5O3S. The van der Waals surface area contributed by atoms with Crippen LogP contribution >= 0.6 is 0 Å². The molecule has 0 aliphatic heterocycles. The largest absolute Gasteiger partial charge is 0.334 e. The zero-order valence-electron chi connectivity index (χ0n) is 13.7. The number of carbonyl (C=O) groups is 1. The Morgan fingerprint density at radius 3 is 2.58 bits per heavy atom. The summed E-state index contributed by atoms with van der Waals surface area (Å²) in [5, 5.41) is 10.4. The molecule has 26 heavy (non-hydrogen) atoms. The lowest BCUT2D eigenvalue weighted by molar-refractivity contribution is 0.251. The van der Waals surface area contributed by atoms with E-state index in [0.717, 1.165) is 11.3 Å². The van der Waals surface area contributed by atoms with Gasteiger partial charge in [-0.2, -0.15) is 0 Å². The van der Waals surface area contributed by atoms with Crippen molar-refractivity contribution in [3.8, 4) is 5.69 Å².